The fraction of sp³-hybridized carbons (Fsp3) is 0.278. The smallest absolute Gasteiger partial charge is 0.201 e. The minimum absolute atomic E-state index is 0.728. The Bertz CT molecular complexity index is 706. The minimum Gasteiger partial charge on any atom is -0.494 e. The van der Waals surface area contributed by atoms with Gasteiger partial charge in [-0.2, -0.15) is 0 Å². The van der Waals surface area contributed by atoms with E-state index in [4.69, 9.17) is 16.3 Å². The molecule has 0 atom stereocenters. The van der Waals surface area contributed by atoms with Crippen LogP contribution in [-0.4, -0.2) is 23.1 Å². The number of rotatable bonds is 8. The summed E-state index contributed by atoms with van der Waals surface area (Å²) >= 11 is 5.84. The first-order chi connectivity index (χ1) is 11.3. The Kier molecular flexibility index (Phi) is 5.37. The van der Waals surface area contributed by atoms with Crippen molar-refractivity contribution < 1.29 is 4.74 Å². The molecule has 0 aliphatic heterocycles. The van der Waals surface area contributed by atoms with Crippen molar-refractivity contribution in [3.8, 4) is 5.75 Å². The number of aromatic nitrogens is 2. The molecule has 0 unspecified atom stereocenters. The molecule has 23 heavy (non-hydrogen) atoms. The van der Waals surface area contributed by atoms with Gasteiger partial charge in [0.05, 0.1) is 17.6 Å². The van der Waals surface area contributed by atoms with Crippen molar-refractivity contribution in [2.75, 3.05) is 18.5 Å². The number of fused-ring (bicyclic) bond motifs is 1. The molecule has 0 radical (unpaired) electrons. The number of imidazole rings is 1. The molecule has 0 saturated carbocycles. The Morgan fingerprint density at radius 2 is 1.83 bits per heavy atom. The third-order valence-electron chi connectivity index (χ3n) is 3.59. The van der Waals surface area contributed by atoms with Gasteiger partial charge in [0.2, 0.25) is 5.95 Å². The summed E-state index contributed by atoms with van der Waals surface area (Å²) in [6.45, 7) is 1.63. The topological polar surface area (TPSA) is 49.9 Å². The van der Waals surface area contributed by atoms with Crippen LogP contribution < -0.4 is 10.1 Å². The average molecular weight is 330 g/mol. The Morgan fingerprint density at radius 1 is 1.00 bits per heavy atom. The number of hydrogen-bond donors (Lipinski definition) is 2. The van der Waals surface area contributed by atoms with Gasteiger partial charge in [-0.25, -0.2) is 4.98 Å². The highest BCUT2D eigenvalue weighted by atomic mass is 35.5. The van der Waals surface area contributed by atoms with Crippen LogP contribution in [0.1, 0.15) is 19.3 Å². The van der Waals surface area contributed by atoms with Crippen LogP contribution in [0.25, 0.3) is 11.0 Å². The van der Waals surface area contributed by atoms with Crippen LogP contribution in [0.5, 0.6) is 5.75 Å². The number of nitrogens with zero attached hydrogens (tertiary/aromatic N) is 1. The lowest BCUT2D eigenvalue weighted by atomic mass is 10.2. The van der Waals surface area contributed by atoms with Crippen molar-refractivity contribution in [1.29, 1.82) is 0 Å². The van der Waals surface area contributed by atoms with Crippen LogP contribution in [0, 0.1) is 0 Å². The first kappa shape index (κ1) is 15.7. The van der Waals surface area contributed by atoms with Crippen molar-refractivity contribution >= 4 is 28.6 Å². The highest BCUT2D eigenvalue weighted by Crippen LogP contribution is 2.16. The molecule has 1 heterocycles. The number of hydrogen-bond acceptors (Lipinski definition) is 3. The van der Waals surface area contributed by atoms with Crippen LogP contribution in [0.3, 0.4) is 0 Å². The predicted octanol–water partition coefficient (Wildman–Crippen LogP) is 4.88. The third-order valence-corrected chi connectivity index (χ3v) is 3.84. The van der Waals surface area contributed by atoms with Crippen LogP contribution >= 0.6 is 11.6 Å². The second-order valence-corrected chi connectivity index (χ2v) is 5.83. The molecule has 0 fully saturated rings. The number of anilines is 1. The molecule has 5 heteroatoms. The summed E-state index contributed by atoms with van der Waals surface area (Å²) < 4.78 is 5.67. The number of ether oxygens (including phenoxy) is 1. The summed E-state index contributed by atoms with van der Waals surface area (Å²) in [6, 6.07) is 15.5. The van der Waals surface area contributed by atoms with E-state index in [0.717, 1.165) is 60.2 Å². The number of para-hydroxylation sites is 2. The van der Waals surface area contributed by atoms with Gasteiger partial charge in [0.15, 0.2) is 0 Å². The summed E-state index contributed by atoms with van der Waals surface area (Å²) in [5, 5.41) is 4.06. The normalized spacial score (nSPS) is 10.8. The zero-order chi connectivity index (χ0) is 15.9. The van der Waals surface area contributed by atoms with Crippen LogP contribution in [0.4, 0.5) is 5.95 Å². The second-order valence-electron chi connectivity index (χ2n) is 5.39. The molecule has 2 N–H and O–H groups in total. The lowest BCUT2D eigenvalue weighted by Crippen LogP contribution is -2.04. The second kappa shape index (κ2) is 7.88. The van der Waals surface area contributed by atoms with Crippen molar-refractivity contribution in [2.45, 2.75) is 19.3 Å². The predicted molar refractivity (Wildman–Crippen MR) is 95.4 cm³/mol. The molecule has 0 saturated heterocycles. The average Bonchev–Trinajstić information content (AvgIpc) is 2.98. The largest absolute Gasteiger partial charge is 0.494 e. The van der Waals surface area contributed by atoms with E-state index in [1.165, 1.54) is 0 Å². The SMILES string of the molecule is Clc1ccc(OCCCCCNc2nc3ccccc3[nH]2)cc1. The molecule has 4 nitrogen and oxygen atoms in total. The summed E-state index contributed by atoms with van der Waals surface area (Å²) in [5.74, 6) is 1.71. The fourth-order valence-electron chi connectivity index (χ4n) is 2.37. The lowest BCUT2D eigenvalue weighted by Gasteiger charge is -2.06. The van der Waals surface area contributed by atoms with E-state index in [1.54, 1.807) is 0 Å². The highest BCUT2D eigenvalue weighted by Gasteiger charge is 2.00. The first-order valence-corrected chi connectivity index (χ1v) is 8.26. The maximum absolute atomic E-state index is 5.84. The molecule has 2 aromatic carbocycles. The summed E-state index contributed by atoms with van der Waals surface area (Å²) in [7, 11) is 0. The van der Waals surface area contributed by atoms with E-state index in [1.807, 2.05) is 48.5 Å². The van der Waals surface area contributed by atoms with E-state index < -0.39 is 0 Å². The molecule has 0 spiro atoms. The van der Waals surface area contributed by atoms with E-state index in [2.05, 4.69) is 15.3 Å². The zero-order valence-corrected chi connectivity index (χ0v) is 13.6. The molecule has 1 aromatic heterocycles. The standard InChI is InChI=1S/C18H20ClN3O/c19-14-8-10-15(11-9-14)23-13-5-1-4-12-20-18-21-16-6-2-3-7-17(16)22-18/h2-3,6-11H,1,4-5,12-13H2,(H2,20,21,22). The Hall–Kier alpha value is -2.20. The van der Waals surface area contributed by atoms with Gasteiger partial charge in [-0.05, 0) is 55.7 Å². The Balaban J connectivity index is 1.30. The number of nitrogens with one attached hydrogen (secondary N) is 2. The molecular weight excluding hydrogens is 310 g/mol. The molecule has 0 aliphatic rings. The highest BCUT2D eigenvalue weighted by molar-refractivity contribution is 6.30. The molecule has 3 rings (SSSR count). The van der Waals surface area contributed by atoms with Crippen molar-refractivity contribution in [1.82, 2.24) is 9.97 Å². The van der Waals surface area contributed by atoms with Crippen molar-refractivity contribution in [3.05, 3.63) is 53.6 Å². The number of unbranched alkanes of at least 4 members (excludes halogenated alkanes) is 2. The van der Waals surface area contributed by atoms with E-state index in [9.17, 15) is 0 Å². The van der Waals surface area contributed by atoms with E-state index in [-0.39, 0.29) is 0 Å². The van der Waals surface area contributed by atoms with Gasteiger partial charge in [0.25, 0.3) is 0 Å². The van der Waals surface area contributed by atoms with Gasteiger partial charge in [-0.1, -0.05) is 23.7 Å². The van der Waals surface area contributed by atoms with Gasteiger partial charge in [0.1, 0.15) is 5.75 Å². The number of benzene rings is 2. The lowest BCUT2D eigenvalue weighted by molar-refractivity contribution is 0.306. The van der Waals surface area contributed by atoms with Crippen LogP contribution in [0.15, 0.2) is 48.5 Å². The van der Waals surface area contributed by atoms with Gasteiger partial charge in [-0.15, -0.1) is 0 Å². The quantitative estimate of drug-likeness (QED) is 0.579. The Labute approximate surface area is 140 Å². The van der Waals surface area contributed by atoms with Gasteiger partial charge in [0, 0.05) is 11.6 Å². The van der Waals surface area contributed by atoms with Crippen molar-refractivity contribution in [2.24, 2.45) is 0 Å². The number of halogens is 1. The summed E-state index contributed by atoms with van der Waals surface area (Å²) in [4.78, 5) is 7.76. The monoisotopic (exact) mass is 329 g/mol. The van der Waals surface area contributed by atoms with Crippen molar-refractivity contribution in [3.63, 3.8) is 0 Å². The Morgan fingerprint density at radius 3 is 2.65 bits per heavy atom. The molecule has 120 valence electrons. The van der Waals surface area contributed by atoms with Gasteiger partial charge < -0.3 is 15.0 Å². The third kappa shape index (κ3) is 4.63. The van der Waals surface area contributed by atoms with E-state index >= 15 is 0 Å². The number of H-pyrrole nitrogens is 1. The molecule has 0 bridgehead atoms. The van der Waals surface area contributed by atoms with E-state index in [0.29, 0.717) is 0 Å². The molecule has 3 aromatic rings. The van der Waals surface area contributed by atoms with Gasteiger partial charge in [-0.3, -0.25) is 0 Å². The number of aromatic amines is 1. The maximum atomic E-state index is 5.84. The summed E-state index contributed by atoms with van der Waals surface area (Å²) in [5.41, 5.74) is 2.05. The van der Waals surface area contributed by atoms with Crippen LogP contribution in [-0.2, 0) is 0 Å². The minimum atomic E-state index is 0.728. The fourth-order valence-corrected chi connectivity index (χ4v) is 2.49. The summed E-state index contributed by atoms with van der Waals surface area (Å²) in [6.07, 6.45) is 3.23. The molecule has 0 aliphatic carbocycles. The first-order valence-electron chi connectivity index (χ1n) is 7.88. The van der Waals surface area contributed by atoms with Gasteiger partial charge >= 0.3 is 0 Å². The van der Waals surface area contributed by atoms with Crippen LogP contribution in [0.2, 0.25) is 5.02 Å². The molecular formula is C18H20ClN3O. The maximum Gasteiger partial charge on any atom is 0.201 e. The molecule has 0 amide bonds. The zero-order valence-electron chi connectivity index (χ0n) is 12.9.